The van der Waals surface area contributed by atoms with E-state index in [0.717, 1.165) is 12.3 Å². The Morgan fingerprint density at radius 3 is 2.60 bits per heavy atom. The normalized spacial score (nSPS) is 13.4. The lowest BCUT2D eigenvalue weighted by atomic mass is 10.00. The Bertz CT molecular complexity index is 278. The number of aryl methyl sites for hydroxylation is 1. The first-order valence-electron chi connectivity index (χ1n) is 5.92. The smallest absolute Gasteiger partial charge is 0.0415 e. The fourth-order valence-electron chi connectivity index (χ4n) is 1.85. The van der Waals surface area contributed by atoms with Crippen LogP contribution in [-0.4, -0.2) is 7.05 Å². The zero-order valence-electron chi connectivity index (χ0n) is 10.3. The summed E-state index contributed by atoms with van der Waals surface area (Å²) in [5.41, 5.74) is 1.52. The van der Waals surface area contributed by atoms with Crippen LogP contribution >= 0.6 is 11.3 Å². The van der Waals surface area contributed by atoms with Crippen molar-refractivity contribution in [3.8, 4) is 0 Å². The molecule has 0 aromatic carbocycles. The summed E-state index contributed by atoms with van der Waals surface area (Å²) in [5, 5.41) is 5.66. The first-order valence-corrected chi connectivity index (χ1v) is 6.80. The Labute approximate surface area is 97.9 Å². The average molecular weight is 225 g/mol. The average Bonchev–Trinajstić information content (AvgIpc) is 2.66. The van der Waals surface area contributed by atoms with Gasteiger partial charge in [0.05, 0.1) is 0 Å². The van der Waals surface area contributed by atoms with Crippen LogP contribution in [0.5, 0.6) is 0 Å². The molecule has 1 nitrogen and oxygen atoms in total. The monoisotopic (exact) mass is 225 g/mol. The molecule has 2 heteroatoms. The molecule has 1 N–H and O–H groups in total. The van der Waals surface area contributed by atoms with Gasteiger partial charge in [0.15, 0.2) is 0 Å². The van der Waals surface area contributed by atoms with Gasteiger partial charge in [0.25, 0.3) is 0 Å². The molecule has 0 bridgehead atoms. The van der Waals surface area contributed by atoms with Gasteiger partial charge in [0.1, 0.15) is 0 Å². The van der Waals surface area contributed by atoms with Crippen LogP contribution in [0.15, 0.2) is 11.4 Å². The Kier molecular flexibility index (Phi) is 5.34. The van der Waals surface area contributed by atoms with E-state index in [9.17, 15) is 0 Å². The van der Waals surface area contributed by atoms with Crippen LogP contribution in [0.25, 0.3) is 0 Å². The molecule has 0 spiro atoms. The van der Waals surface area contributed by atoms with Crippen LogP contribution in [0.4, 0.5) is 0 Å². The maximum atomic E-state index is 3.44. The van der Waals surface area contributed by atoms with Gasteiger partial charge in [0.2, 0.25) is 0 Å². The quantitative estimate of drug-likeness (QED) is 0.771. The molecule has 0 amide bonds. The molecular formula is C13H23NS. The number of thiophene rings is 1. The molecule has 1 aromatic rings. The second-order valence-electron chi connectivity index (χ2n) is 4.48. The molecule has 0 aliphatic heterocycles. The third-order valence-electron chi connectivity index (χ3n) is 2.86. The Balaban J connectivity index is 2.65. The SMILES string of the molecule is CCc1ccsc1C(CCC(C)C)NC. The molecule has 0 aliphatic rings. The van der Waals surface area contributed by atoms with E-state index in [1.807, 2.05) is 11.3 Å². The minimum absolute atomic E-state index is 0.558. The van der Waals surface area contributed by atoms with Gasteiger partial charge in [0, 0.05) is 10.9 Å². The van der Waals surface area contributed by atoms with Crippen molar-refractivity contribution in [3.05, 3.63) is 21.9 Å². The van der Waals surface area contributed by atoms with Crippen molar-refractivity contribution in [1.29, 1.82) is 0 Å². The molecule has 0 saturated carbocycles. The van der Waals surface area contributed by atoms with Crippen LogP contribution in [0.2, 0.25) is 0 Å². The first kappa shape index (κ1) is 12.7. The van der Waals surface area contributed by atoms with Crippen molar-refractivity contribution in [1.82, 2.24) is 5.32 Å². The summed E-state index contributed by atoms with van der Waals surface area (Å²) in [6, 6.07) is 2.82. The van der Waals surface area contributed by atoms with E-state index in [1.54, 1.807) is 4.88 Å². The first-order chi connectivity index (χ1) is 7.19. The van der Waals surface area contributed by atoms with Gasteiger partial charge in [-0.25, -0.2) is 0 Å². The highest BCUT2D eigenvalue weighted by atomic mass is 32.1. The lowest BCUT2D eigenvalue weighted by Crippen LogP contribution is -2.17. The van der Waals surface area contributed by atoms with Crippen LogP contribution in [0.3, 0.4) is 0 Å². The van der Waals surface area contributed by atoms with E-state index >= 15 is 0 Å². The molecule has 0 saturated heterocycles. The molecule has 15 heavy (non-hydrogen) atoms. The Morgan fingerprint density at radius 1 is 1.33 bits per heavy atom. The van der Waals surface area contributed by atoms with Gasteiger partial charge in [-0.15, -0.1) is 11.3 Å². The zero-order chi connectivity index (χ0) is 11.3. The Morgan fingerprint density at radius 2 is 2.07 bits per heavy atom. The minimum atomic E-state index is 0.558. The fraction of sp³-hybridized carbons (Fsp3) is 0.692. The number of rotatable bonds is 6. The van der Waals surface area contributed by atoms with Crippen LogP contribution < -0.4 is 5.32 Å². The third kappa shape index (κ3) is 3.62. The second-order valence-corrected chi connectivity index (χ2v) is 5.42. The molecule has 1 unspecified atom stereocenters. The lowest BCUT2D eigenvalue weighted by Gasteiger charge is -2.17. The van der Waals surface area contributed by atoms with Crippen molar-refractivity contribution in [2.45, 2.75) is 46.1 Å². The topological polar surface area (TPSA) is 12.0 Å². The number of nitrogens with one attached hydrogen (secondary N) is 1. The highest BCUT2D eigenvalue weighted by Gasteiger charge is 2.14. The molecule has 1 atom stereocenters. The van der Waals surface area contributed by atoms with E-state index in [4.69, 9.17) is 0 Å². The van der Waals surface area contributed by atoms with Gasteiger partial charge >= 0.3 is 0 Å². The highest BCUT2D eigenvalue weighted by molar-refractivity contribution is 7.10. The van der Waals surface area contributed by atoms with Crippen molar-refractivity contribution in [2.24, 2.45) is 5.92 Å². The maximum absolute atomic E-state index is 3.44. The largest absolute Gasteiger partial charge is 0.312 e. The predicted octanol–water partition coefficient (Wildman–Crippen LogP) is 4.01. The van der Waals surface area contributed by atoms with E-state index in [2.05, 4.69) is 44.6 Å². The molecule has 1 rings (SSSR count). The molecular weight excluding hydrogens is 202 g/mol. The van der Waals surface area contributed by atoms with E-state index in [0.29, 0.717) is 6.04 Å². The summed E-state index contributed by atoms with van der Waals surface area (Å²) in [5.74, 6) is 0.797. The third-order valence-corrected chi connectivity index (χ3v) is 3.93. The molecule has 0 aliphatic carbocycles. The van der Waals surface area contributed by atoms with Gasteiger partial charge in [-0.3, -0.25) is 0 Å². The highest BCUT2D eigenvalue weighted by Crippen LogP contribution is 2.28. The van der Waals surface area contributed by atoms with E-state index in [1.165, 1.54) is 18.4 Å². The predicted molar refractivity (Wildman–Crippen MR) is 69.6 cm³/mol. The minimum Gasteiger partial charge on any atom is -0.312 e. The van der Waals surface area contributed by atoms with Gasteiger partial charge in [-0.1, -0.05) is 20.8 Å². The number of hydrogen-bond donors (Lipinski definition) is 1. The Hall–Kier alpha value is -0.340. The van der Waals surface area contributed by atoms with Crippen molar-refractivity contribution < 1.29 is 0 Å². The fourth-order valence-corrected chi connectivity index (χ4v) is 2.99. The van der Waals surface area contributed by atoms with Crippen molar-refractivity contribution >= 4 is 11.3 Å². The van der Waals surface area contributed by atoms with Crippen LogP contribution in [-0.2, 0) is 6.42 Å². The summed E-state index contributed by atoms with van der Waals surface area (Å²) in [6.45, 7) is 6.82. The summed E-state index contributed by atoms with van der Waals surface area (Å²) in [7, 11) is 2.07. The zero-order valence-corrected chi connectivity index (χ0v) is 11.2. The molecule has 0 radical (unpaired) electrons. The molecule has 0 fully saturated rings. The molecule has 1 aromatic heterocycles. The second kappa shape index (κ2) is 6.29. The summed E-state index contributed by atoms with van der Waals surface area (Å²) >= 11 is 1.90. The standard InChI is InChI=1S/C13H23NS/c1-5-11-8-9-15-13(11)12(14-4)7-6-10(2)3/h8-10,12,14H,5-7H2,1-4H3. The lowest BCUT2D eigenvalue weighted by molar-refractivity contribution is 0.468. The number of hydrogen-bond acceptors (Lipinski definition) is 2. The van der Waals surface area contributed by atoms with Gasteiger partial charge in [-0.05, 0) is 49.2 Å². The van der Waals surface area contributed by atoms with Gasteiger partial charge in [-0.2, -0.15) is 0 Å². The molecule has 86 valence electrons. The van der Waals surface area contributed by atoms with Crippen LogP contribution in [0, 0.1) is 5.92 Å². The molecule has 1 heterocycles. The van der Waals surface area contributed by atoms with Crippen molar-refractivity contribution in [2.75, 3.05) is 7.05 Å². The van der Waals surface area contributed by atoms with Crippen molar-refractivity contribution in [3.63, 3.8) is 0 Å². The summed E-state index contributed by atoms with van der Waals surface area (Å²) in [4.78, 5) is 1.54. The maximum Gasteiger partial charge on any atom is 0.0415 e. The van der Waals surface area contributed by atoms with Crippen LogP contribution in [0.1, 0.15) is 50.1 Å². The van der Waals surface area contributed by atoms with Gasteiger partial charge < -0.3 is 5.32 Å². The summed E-state index contributed by atoms with van der Waals surface area (Å²) < 4.78 is 0. The van der Waals surface area contributed by atoms with E-state index < -0.39 is 0 Å². The van der Waals surface area contributed by atoms with E-state index in [-0.39, 0.29) is 0 Å². The summed E-state index contributed by atoms with van der Waals surface area (Å²) in [6.07, 6.45) is 3.70.